The Bertz CT molecular complexity index is 1320. The molecule has 0 radical (unpaired) electrons. The van der Waals surface area contributed by atoms with Crippen molar-refractivity contribution in [1.82, 2.24) is 14.8 Å². The summed E-state index contributed by atoms with van der Waals surface area (Å²) in [7, 11) is 1.36. The fourth-order valence-corrected chi connectivity index (χ4v) is 4.41. The van der Waals surface area contributed by atoms with E-state index in [9.17, 15) is 26.7 Å². The molecule has 2 heterocycles. The van der Waals surface area contributed by atoms with Crippen molar-refractivity contribution in [3.63, 3.8) is 0 Å². The van der Waals surface area contributed by atoms with Gasteiger partial charge in [-0.15, -0.1) is 10.2 Å². The van der Waals surface area contributed by atoms with Crippen molar-refractivity contribution in [2.24, 2.45) is 0 Å². The highest BCUT2D eigenvalue weighted by atomic mass is 35.5. The lowest BCUT2D eigenvalue weighted by Gasteiger charge is -2.24. The van der Waals surface area contributed by atoms with Crippen LogP contribution in [0.1, 0.15) is 60.8 Å². The number of fused-ring (bicyclic) bond motifs is 3. The molecule has 2 aromatic carbocycles. The van der Waals surface area contributed by atoms with Gasteiger partial charge < -0.3 is 14.2 Å². The number of hydrogen-bond donors (Lipinski definition) is 0. The van der Waals surface area contributed by atoms with E-state index in [0.29, 0.717) is 6.92 Å². The number of aromatic nitrogens is 3. The summed E-state index contributed by atoms with van der Waals surface area (Å²) in [6.45, 7) is 2.20. The van der Waals surface area contributed by atoms with Crippen LogP contribution < -0.4 is 4.74 Å². The van der Waals surface area contributed by atoms with Crippen molar-refractivity contribution in [3.05, 3.63) is 69.8 Å². The van der Waals surface area contributed by atoms with E-state index >= 15 is 0 Å². The van der Waals surface area contributed by atoms with Crippen molar-refractivity contribution in [3.8, 4) is 11.4 Å². The fraction of sp³-hybridized carbons (Fsp3) is 0.375. The number of ether oxygens (including phenoxy) is 3. The van der Waals surface area contributed by atoms with E-state index in [1.807, 2.05) is 0 Å². The second-order valence-corrected chi connectivity index (χ2v) is 8.63. The number of carbonyl (C=O) groups excluding carboxylic acids is 1. The normalized spacial score (nSPS) is 17.5. The van der Waals surface area contributed by atoms with E-state index in [2.05, 4.69) is 10.2 Å². The van der Waals surface area contributed by atoms with Crippen LogP contribution in [0.2, 0.25) is 5.02 Å². The van der Waals surface area contributed by atoms with E-state index in [-0.39, 0.29) is 40.0 Å². The first-order valence-electron chi connectivity index (χ1n) is 11.0. The van der Waals surface area contributed by atoms with E-state index in [0.717, 1.165) is 22.8 Å². The lowest BCUT2D eigenvalue weighted by Crippen LogP contribution is -2.19. The smallest absolute Gasteiger partial charge is 0.416 e. The Balaban J connectivity index is 2.03. The second-order valence-electron chi connectivity index (χ2n) is 8.25. The molecule has 0 saturated heterocycles. The maximum Gasteiger partial charge on any atom is 0.416 e. The van der Waals surface area contributed by atoms with Gasteiger partial charge in [0.05, 0.1) is 36.4 Å². The third-order valence-corrected chi connectivity index (χ3v) is 6.10. The summed E-state index contributed by atoms with van der Waals surface area (Å²) in [5.41, 5.74) is -1.07. The third kappa shape index (κ3) is 5.12. The van der Waals surface area contributed by atoms with Gasteiger partial charge in [0, 0.05) is 18.1 Å². The Morgan fingerprint density at radius 3 is 2.49 bits per heavy atom. The summed E-state index contributed by atoms with van der Waals surface area (Å²) in [6.07, 6.45) is -7.88. The van der Waals surface area contributed by atoms with Crippen LogP contribution in [0, 0.1) is 0 Å². The van der Waals surface area contributed by atoms with Crippen LogP contribution in [-0.4, -0.2) is 34.5 Å². The number of nitrogens with zero attached hydrogens (tertiary/aromatic N) is 3. The summed E-state index contributed by atoms with van der Waals surface area (Å²) in [5, 5.41) is 7.48. The van der Waals surface area contributed by atoms with Gasteiger partial charge in [0.1, 0.15) is 18.0 Å². The first kappa shape index (κ1) is 26.8. The van der Waals surface area contributed by atoms with Gasteiger partial charge in [-0.05, 0) is 31.2 Å². The molecule has 198 valence electrons. The molecule has 0 unspecified atom stereocenters. The molecule has 2 atom stereocenters. The molecule has 1 aliphatic rings. The van der Waals surface area contributed by atoms with E-state index in [1.54, 1.807) is 13.0 Å². The third-order valence-electron chi connectivity index (χ3n) is 5.70. The predicted molar refractivity (Wildman–Crippen MR) is 121 cm³/mol. The van der Waals surface area contributed by atoms with Crippen LogP contribution in [0.5, 0.6) is 5.75 Å². The molecular weight excluding hydrogens is 525 g/mol. The number of methoxy groups -OCH3 is 1. The standard InChI is InChI=1S/C24H21ClF5N3O4/c1-4-36-18(34)11-17-21-31-32-22(23(2,26)27)33(21)15-9-8-12(24(28,29)30)10-14(15)20(37-17)13-6-5-7-16(35-3)19(13)25/h5-10,17,20H,4,11H2,1-3H3/t17-,20-/m0/s1. The largest absolute Gasteiger partial charge is 0.495 e. The molecule has 1 aliphatic heterocycles. The van der Waals surface area contributed by atoms with Crippen molar-refractivity contribution in [2.45, 2.75) is 44.6 Å². The Morgan fingerprint density at radius 2 is 1.86 bits per heavy atom. The maximum absolute atomic E-state index is 14.6. The minimum absolute atomic E-state index is 0.0342. The zero-order valence-corrected chi connectivity index (χ0v) is 20.5. The van der Waals surface area contributed by atoms with Crippen molar-refractivity contribution in [1.29, 1.82) is 0 Å². The molecule has 0 aliphatic carbocycles. The Kier molecular flexibility index (Phi) is 7.17. The summed E-state index contributed by atoms with van der Waals surface area (Å²) in [5.74, 6) is -5.09. The van der Waals surface area contributed by atoms with E-state index < -0.39 is 48.1 Å². The van der Waals surface area contributed by atoms with Crippen LogP contribution >= 0.6 is 11.6 Å². The van der Waals surface area contributed by atoms with Gasteiger partial charge in [0.25, 0.3) is 0 Å². The zero-order valence-electron chi connectivity index (χ0n) is 19.8. The van der Waals surface area contributed by atoms with Gasteiger partial charge in [-0.2, -0.15) is 22.0 Å². The Labute approximate surface area is 213 Å². The Morgan fingerprint density at radius 1 is 1.14 bits per heavy atom. The molecule has 7 nitrogen and oxygen atoms in total. The van der Waals surface area contributed by atoms with E-state index in [1.165, 1.54) is 19.2 Å². The molecule has 1 aromatic heterocycles. The number of esters is 1. The molecule has 0 bridgehead atoms. The van der Waals surface area contributed by atoms with Crippen molar-refractivity contribution < 1.29 is 41.0 Å². The van der Waals surface area contributed by atoms with Gasteiger partial charge in [-0.1, -0.05) is 23.7 Å². The van der Waals surface area contributed by atoms with Gasteiger partial charge in [-0.25, -0.2) is 0 Å². The topological polar surface area (TPSA) is 75.5 Å². The first-order chi connectivity index (χ1) is 17.4. The van der Waals surface area contributed by atoms with Crippen LogP contribution in [0.25, 0.3) is 5.69 Å². The quantitative estimate of drug-likeness (QED) is 0.272. The molecule has 37 heavy (non-hydrogen) atoms. The highest BCUT2D eigenvalue weighted by Gasteiger charge is 2.42. The number of halogens is 6. The average molecular weight is 546 g/mol. The average Bonchev–Trinajstić information content (AvgIpc) is 3.22. The molecule has 3 aromatic rings. The fourth-order valence-electron chi connectivity index (χ4n) is 4.11. The van der Waals surface area contributed by atoms with Crippen LogP contribution in [0.15, 0.2) is 36.4 Å². The monoisotopic (exact) mass is 545 g/mol. The molecule has 13 heteroatoms. The second kappa shape index (κ2) is 9.90. The predicted octanol–water partition coefficient (Wildman–Crippen LogP) is 6.17. The number of rotatable bonds is 6. The number of benzene rings is 2. The zero-order chi connectivity index (χ0) is 27.1. The minimum Gasteiger partial charge on any atom is -0.495 e. The van der Waals surface area contributed by atoms with Gasteiger partial charge in [0.15, 0.2) is 5.82 Å². The lowest BCUT2D eigenvalue weighted by atomic mass is 9.96. The summed E-state index contributed by atoms with van der Waals surface area (Å²) < 4.78 is 87.7. The van der Waals surface area contributed by atoms with Crippen LogP contribution in [-0.2, 0) is 26.4 Å². The van der Waals surface area contributed by atoms with E-state index in [4.69, 9.17) is 25.8 Å². The maximum atomic E-state index is 14.6. The Hall–Kier alpha value is -3.25. The number of alkyl halides is 5. The molecule has 0 fully saturated rings. The summed E-state index contributed by atoms with van der Waals surface area (Å²) in [4.78, 5) is 12.4. The lowest BCUT2D eigenvalue weighted by molar-refractivity contribution is -0.147. The molecular formula is C24H21ClF5N3O4. The highest BCUT2D eigenvalue weighted by molar-refractivity contribution is 6.32. The first-order valence-corrected chi connectivity index (χ1v) is 11.4. The summed E-state index contributed by atoms with van der Waals surface area (Å²) in [6, 6.07) is 7.18. The SMILES string of the molecule is CCOC(=O)C[C@@H]1O[C@@H](c2cccc(OC)c2Cl)c2cc(C(F)(F)F)ccc2-n2c1nnc2C(C)(F)F. The van der Waals surface area contributed by atoms with Crippen molar-refractivity contribution in [2.75, 3.05) is 13.7 Å². The highest BCUT2D eigenvalue weighted by Crippen LogP contribution is 2.47. The molecule has 0 N–H and O–H groups in total. The molecule has 4 rings (SSSR count). The molecule has 0 amide bonds. The number of carbonyl (C=O) groups is 1. The number of hydrogen-bond acceptors (Lipinski definition) is 6. The van der Waals surface area contributed by atoms with Crippen LogP contribution in [0.3, 0.4) is 0 Å². The van der Waals surface area contributed by atoms with Crippen LogP contribution in [0.4, 0.5) is 22.0 Å². The van der Waals surface area contributed by atoms with Crippen molar-refractivity contribution >= 4 is 17.6 Å². The minimum atomic E-state index is -4.75. The van der Waals surface area contributed by atoms with Gasteiger partial charge in [-0.3, -0.25) is 9.36 Å². The molecule has 0 spiro atoms. The van der Waals surface area contributed by atoms with Gasteiger partial charge in [0.2, 0.25) is 5.82 Å². The van der Waals surface area contributed by atoms with Gasteiger partial charge >= 0.3 is 18.1 Å². The molecule has 0 saturated carbocycles. The summed E-state index contributed by atoms with van der Waals surface area (Å²) >= 11 is 6.51.